The maximum Gasteiger partial charge on any atom is 0.244 e. The zero-order chi connectivity index (χ0) is 16.4. The minimum atomic E-state index is -0.196. The molecule has 23 heavy (non-hydrogen) atoms. The Balaban J connectivity index is 1.75. The van der Waals surface area contributed by atoms with Crippen LogP contribution in [-0.2, 0) is 14.4 Å². The van der Waals surface area contributed by atoms with Crippen molar-refractivity contribution < 1.29 is 14.4 Å². The number of carbonyl (C=O) groups is 3. The average Bonchev–Trinajstić information content (AvgIpc) is 2.67. The minimum absolute atomic E-state index is 0.00434. The lowest BCUT2D eigenvalue weighted by molar-refractivity contribution is -0.123. The summed E-state index contributed by atoms with van der Waals surface area (Å²) in [7, 11) is 0. The maximum absolute atomic E-state index is 12.7. The maximum atomic E-state index is 12.7. The Labute approximate surface area is 134 Å². The fourth-order valence-corrected chi connectivity index (χ4v) is 2.98. The van der Waals surface area contributed by atoms with E-state index in [1.54, 1.807) is 6.07 Å². The van der Waals surface area contributed by atoms with Gasteiger partial charge in [0, 0.05) is 25.6 Å². The van der Waals surface area contributed by atoms with Crippen LogP contribution in [0.3, 0.4) is 0 Å². The van der Waals surface area contributed by atoms with E-state index >= 15 is 0 Å². The van der Waals surface area contributed by atoms with E-state index < -0.39 is 0 Å². The topological polar surface area (TPSA) is 81.8 Å². The van der Waals surface area contributed by atoms with Crippen LogP contribution < -0.4 is 15.5 Å². The van der Waals surface area contributed by atoms with Gasteiger partial charge in [0.15, 0.2) is 0 Å². The third kappa shape index (κ3) is 3.34. The van der Waals surface area contributed by atoms with Gasteiger partial charge in [-0.1, -0.05) is 12.1 Å². The molecular formula is C16H20N4O3. The van der Waals surface area contributed by atoms with Gasteiger partial charge in [-0.3, -0.25) is 24.2 Å². The summed E-state index contributed by atoms with van der Waals surface area (Å²) >= 11 is 0. The second-order valence-electron chi connectivity index (χ2n) is 5.92. The van der Waals surface area contributed by atoms with Crippen LogP contribution in [0.1, 0.15) is 13.3 Å². The van der Waals surface area contributed by atoms with E-state index in [9.17, 15) is 14.4 Å². The van der Waals surface area contributed by atoms with Crippen LogP contribution in [-0.4, -0.2) is 54.8 Å². The number of hydrogen-bond donors (Lipinski definition) is 2. The van der Waals surface area contributed by atoms with Crippen LogP contribution in [0.2, 0.25) is 0 Å². The van der Waals surface area contributed by atoms with Gasteiger partial charge in [-0.05, 0) is 19.1 Å². The highest BCUT2D eigenvalue weighted by Crippen LogP contribution is 2.29. The lowest BCUT2D eigenvalue weighted by Crippen LogP contribution is -2.48. The molecular weight excluding hydrogens is 296 g/mol. The lowest BCUT2D eigenvalue weighted by atomic mass is 10.1. The van der Waals surface area contributed by atoms with Crippen molar-refractivity contribution in [2.45, 2.75) is 19.4 Å². The number of anilines is 2. The Morgan fingerprint density at radius 1 is 1.26 bits per heavy atom. The molecule has 7 heteroatoms. The van der Waals surface area contributed by atoms with E-state index in [2.05, 4.69) is 10.6 Å². The number of carbonyl (C=O) groups excluding carboxylic acids is 3. The SMILES string of the molecule is CC1CC(=O)NCCN1CC(=O)N1CC(=O)Nc2ccccc21. The number of rotatable bonds is 2. The van der Waals surface area contributed by atoms with Crippen molar-refractivity contribution in [2.24, 2.45) is 0 Å². The smallest absolute Gasteiger partial charge is 0.244 e. The summed E-state index contributed by atoms with van der Waals surface area (Å²) in [4.78, 5) is 39.6. The van der Waals surface area contributed by atoms with Gasteiger partial charge in [0.25, 0.3) is 0 Å². The van der Waals surface area contributed by atoms with Gasteiger partial charge in [0.2, 0.25) is 17.7 Å². The van der Waals surface area contributed by atoms with E-state index in [4.69, 9.17) is 0 Å². The van der Waals surface area contributed by atoms with Crippen LogP contribution in [0.25, 0.3) is 0 Å². The molecule has 1 saturated heterocycles. The number of nitrogens with one attached hydrogen (secondary N) is 2. The summed E-state index contributed by atoms with van der Waals surface area (Å²) in [5.74, 6) is -0.318. The molecule has 1 fully saturated rings. The van der Waals surface area contributed by atoms with Crippen molar-refractivity contribution in [3.05, 3.63) is 24.3 Å². The normalized spacial score (nSPS) is 22.0. The largest absolute Gasteiger partial charge is 0.355 e. The van der Waals surface area contributed by atoms with Crippen LogP contribution in [0.4, 0.5) is 11.4 Å². The molecule has 0 radical (unpaired) electrons. The lowest BCUT2D eigenvalue weighted by Gasteiger charge is -2.32. The van der Waals surface area contributed by atoms with E-state index in [1.807, 2.05) is 30.0 Å². The fourth-order valence-electron chi connectivity index (χ4n) is 2.98. The van der Waals surface area contributed by atoms with Gasteiger partial charge < -0.3 is 10.6 Å². The van der Waals surface area contributed by atoms with Gasteiger partial charge in [-0.15, -0.1) is 0 Å². The number of hydrogen-bond acceptors (Lipinski definition) is 4. The first-order valence-corrected chi connectivity index (χ1v) is 7.74. The Bertz CT molecular complexity index is 646. The minimum Gasteiger partial charge on any atom is -0.355 e. The predicted octanol–water partition coefficient (Wildman–Crippen LogP) is 0.182. The molecule has 2 heterocycles. The summed E-state index contributed by atoms with van der Waals surface area (Å²) in [6.45, 7) is 3.32. The van der Waals surface area contributed by atoms with E-state index in [0.29, 0.717) is 30.9 Å². The molecule has 1 unspecified atom stereocenters. The second kappa shape index (κ2) is 6.37. The molecule has 2 aliphatic heterocycles. The van der Waals surface area contributed by atoms with Gasteiger partial charge in [0.1, 0.15) is 6.54 Å². The number of amides is 3. The summed E-state index contributed by atoms with van der Waals surface area (Å²) in [5.41, 5.74) is 1.37. The highest BCUT2D eigenvalue weighted by atomic mass is 16.2. The Morgan fingerprint density at radius 2 is 2.04 bits per heavy atom. The molecule has 7 nitrogen and oxygen atoms in total. The highest BCUT2D eigenvalue weighted by Gasteiger charge is 2.29. The van der Waals surface area contributed by atoms with Crippen LogP contribution >= 0.6 is 0 Å². The molecule has 0 aromatic heterocycles. The first kappa shape index (κ1) is 15.5. The second-order valence-corrected chi connectivity index (χ2v) is 5.92. The standard InChI is InChI=1S/C16H20N4O3/c1-11-8-14(21)17-6-7-19(11)10-16(23)20-9-15(22)18-12-4-2-3-5-13(12)20/h2-5,11H,6-10H2,1H3,(H,17,21)(H,18,22). The Morgan fingerprint density at radius 3 is 2.87 bits per heavy atom. The number of fused-ring (bicyclic) bond motifs is 1. The van der Waals surface area contributed by atoms with E-state index in [1.165, 1.54) is 4.90 Å². The zero-order valence-electron chi connectivity index (χ0n) is 13.0. The van der Waals surface area contributed by atoms with Crippen molar-refractivity contribution in [3.8, 4) is 0 Å². The van der Waals surface area contributed by atoms with Crippen LogP contribution in [0.5, 0.6) is 0 Å². The number of nitrogens with zero attached hydrogens (tertiary/aromatic N) is 2. The van der Waals surface area contributed by atoms with Crippen molar-refractivity contribution in [3.63, 3.8) is 0 Å². The molecule has 2 aliphatic rings. The highest BCUT2D eigenvalue weighted by molar-refractivity contribution is 6.10. The van der Waals surface area contributed by atoms with E-state index in [0.717, 1.165) is 0 Å². The molecule has 1 aromatic rings. The molecule has 0 spiro atoms. The molecule has 0 saturated carbocycles. The van der Waals surface area contributed by atoms with Gasteiger partial charge in [-0.2, -0.15) is 0 Å². The van der Waals surface area contributed by atoms with Crippen molar-refractivity contribution >= 4 is 29.1 Å². The fraction of sp³-hybridized carbons (Fsp3) is 0.438. The van der Waals surface area contributed by atoms with Gasteiger partial charge >= 0.3 is 0 Å². The molecule has 2 N–H and O–H groups in total. The molecule has 3 amide bonds. The van der Waals surface area contributed by atoms with Crippen LogP contribution in [0.15, 0.2) is 24.3 Å². The number of benzene rings is 1. The molecule has 0 bridgehead atoms. The summed E-state index contributed by atoms with van der Waals surface area (Å²) in [6.07, 6.45) is 0.379. The molecule has 122 valence electrons. The van der Waals surface area contributed by atoms with Crippen molar-refractivity contribution in [1.82, 2.24) is 10.2 Å². The third-order valence-corrected chi connectivity index (χ3v) is 4.24. The zero-order valence-corrected chi connectivity index (χ0v) is 13.0. The molecule has 0 aliphatic carbocycles. The Kier molecular flexibility index (Phi) is 4.29. The summed E-state index contributed by atoms with van der Waals surface area (Å²) in [6, 6.07) is 7.26. The summed E-state index contributed by atoms with van der Waals surface area (Å²) < 4.78 is 0. The average molecular weight is 316 g/mol. The first-order valence-electron chi connectivity index (χ1n) is 7.74. The molecule has 1 atom stereocenters. The third-order valence-electron chi connectivity index (χ3n) is 4.24. The number of para-hydroxylation sites is 2. The van der Waals surface area contributed by atoms with Gasteiger partial charge in [0.05, 0.1) is 17.9 Å². The van der Waals surface area contributed by atoms with Gasteiger partial charge in [-0.25, -0.2) is 0 Å². The molecule has 1 aromatic carbocycles. The van der Waals surface area contributed by atoms with Crippen LogP contribution in [0, 0.1) is 0 Å². The predicted molar refractivity (Wildman–Crippen MR) is 86.1 cm³/mol. The van der Waals surface area contributed by atoms with Crippen molar-refractivity contribution in [2.75, 3.05) is 36.4 Å². The molecule has 3 rings (SSSR count). The monoisotopic (exact) mass is 316 g/mol. The van der Waals surface area contributed by atoms with E-state index in [-0.39, 0.29) is 36.9 Å². The quantitative estimate of drug-likeness (QED) is 0.816. The van der Waals surface area contributed by atoms with Crippen molar-refractivity contribution in [1.29, 1.82) is 0 Å². The first-order chi connectivity index (χ1) is 11.0. The summed E-state index contributed by atoms with van der Waals surface area (Å²) in [5, 5.41) is 5.58. The Hall–Kier alpha value is -2.41.